The number of nitrogens with one attached hydrogen (secondary N) is 1. The molecule has 23 heavy (non-hydrogen) atoms. The number of hydrogen-bond acceptors (Lipinski definition) is 3. The number of ether oxygens (including phenoxy) is 2. The molecule has 1 rings (SSSR count). The third kappa shape index (κ3) is 9.65. The average Bonchev–Trinajstić information content (AvgIpc) is 2.49. The quantitative estimate of drug-likeness (QED) is 0.257. The predicted molar refractivity (Wildman–Crippen MR) is 107 cm³/mol. The van der Waals surface area contributed by atoms with Gasteiger partial charge in [-0.25, -0.2) is 0 Å². The van der Waals surface area contributed by atoms with Crippen LogP contribution in [0.5, 0.6) is 5.75 Å². The van der Waals surface area contributed by atoms with Gasteiger partial charge in [0.2, 0.25) is 0 Å². The Bertz CT molecular complexity index is 447. The van der Waals surface area contributed by atoms with Gasteiger partial charge in [0, 0.05) is 32.7 Å². The van der Waals surface area contributed by atoms with E-state index in [0.717, 1.165) is 38.3 Å². The fraction of sp³-hybridized carbons (Fsp3) is 0.588. The van der Waals surface area contributed by atoms with E-state index in [-0.39, 0.29) is 24.0 Å². The number of hydrogen-bond donors (Lipinski definition) is 2. The van der Waals surface area contributed by atoms with Gasteiger partial charge >= 0.3 is 0 Å². The molecule has 0 spiro atoms. The number of nitrogens with two attached hydrogens (primary N) is 1. The summed E-state index contributed by atoms with van der Waals surface area (Å²) in [5.41, 5.74) is 8.12. The minimum atomic E-state index is 0. The fourth-order valence-electron chi connectivity index (χ4n) is 2.06. The Balaban J connectivity index is 0.00000484. The number of guanidine groups is 1. The molecule has 0 atom stereocenters. The Hall–Kier alpha value is -1.02. The molecule has 0 aliphatic rings. The lowest BCUT2D eigenvalue weighted by Gasteiger charge is -2.11. The molecule has 0 aromatic heterocycles. The van der Waals surface area contributed by atoms with Crippen molar-refractivity contribution in [3.05, 3.63) is 29.3 Å². The van der Waals surface area contributed by atoms with Crippen LogP contribution in [0.3, 0.4) is 0 Å². The third-order valence-electron chi connectivity index (χ3n) is 3.22. The van der Waals surface area contributed by atoms with Crippen LogP contribution in [0.15, 0.2) is 23.2 Å². The van der Waals surface area contributed by atoms with Crippen molar-refractivity contribution < 1.29 is 9.47 Å². The Morgan fingerprint density at radius 1 is 1.17 bits per heavy atom. The highest BCUT2D eigenvalue weighted by atomic mass is 127. The number of aliphatic imine (C=N–C) groups is 1. The predicted octanol–water partition coefficient (Wildman–Crippen LogP) is 3.02. The second-order valence-electron chi connectivity index (χ2n) is 5.17. The lowest BCUT2D eigenvalue weighted by atomic mass is 10.1. The smallest absolute Gasteiger partial charge is 0.188 e. The molecule has 0 saturated carbocycles. The van der Waals surface area contributed by atoms with E-state index in [0.29, 0.717) is 19.1 Å². The Labute approximate surface area is 157 Å². The monoisotopic (exact) mass is 435 g/mol. The van der Waals surface area contributed by atoms with Gasteiger partial charge in [-0.2, -0.15) is 0 Å². The molecule has 3 N–H and O–H groups in total. The first-order chi connectivity index (χ1) is 10.6. The van der Waals surface area contributed by atoms with Crippen molar-refractivity contribution in [2.24, 2.45) is 10.7 Å². The highest BCUT2D eigenvalue weighted by Gasteiger charge is 2.02. The SMILES string of the molecule is CCOCCCNC(N)=NCCCOc1c(C)cccc1C.I. The van der Waals surface area contributed by atoms with E-state index in [1.165, 1.54) is 11.1 Å². The molecular weight excluding hydrogens is 405 g/mol. The first kappa shape index (κ1) is 22.0. The molecule has 0 bridgehead atoms. The van der Waals surface area contributed by atoms with Gasteiger partial charge in [-0.15, -0.1) is 24.0 Å². The first-order valence-electron chi connectivity index (χ1n) is 7.95. The van der Waals surface area contributed by atoms with Crippen LogP contribution in [0.2, 0.25) is 0 Å². The molecule has 0 aliphatic heterocycles. The summed E-state index contributed by atoms with van der Waals surface area (Å²) in [7, 11) is 0. The standard InChI is InChI=1S/C17H29N3O2.HI/c1-4-21-12-6-10-19-17(18)20-11-7-13-22-16-14(2)8-5-9-15(16)3;/h5,8-9H,4,6-7,10-13H2,1-3H3,(H3,18,19,20);1H. The maximum atomic E-state index is 5.83. The molecule has 0 amide bonds. The van der Waals surface area contributed by atoms with E-state index < -0.39 is 0 Å². The van der Waals surface area contributed by atoms with Crippen molar-refractivity contribution in [1.82, 2.24) is 5.32 Å². The summed E-state index contributed by atoms with van der Waals surface area (Å²) in [6.07, 6.45) is 1.77. The second-order valence-corrected chi connectivity index (χ2v) is 5.17. The molecule has 0 heterocycles. The average molecular weight is 435 g/mol. The van der Waals surface area contributed by atoms with Crippen molar-refractivity contribution in [3.63, 3.8) is 0 Å². The number of nitrogens with zero attached hydrogens (tertiary/aromatic N) is 1. The van der Waals surface area contributed by atoms with Crippen molar-refractivity contribution in [3.8, 4) is 5.75 Å². The van der Waals surface area contributed by atoms with Crippen molar-refractivity contribution >= 4 is 29.9 Å². The zero-order valence-corrected chi connectivity index (χ0v) is 16.8. The molecule has 0 saturated heterocycles. The van der Waals surface area contributed by atoms with Crippen LogP contribution in [0, 0.1) is 13.8 Å². The minimum Gasteiger partial charge on any atom is -0.493 e. The van der Waals surface area contributed by atoms with Crippen LogP contribution in [-0.2, 0) is 4.74 Å². The summed E-state index contributed by atoms with van der Waals surface area (Å²) in [5, 5.41) is 3.08. The van der Waals surface area contributed by atoms with E-state index in [1.807, 2.05) is 13.0 Å². The van der Waals surface area contributed by atoms with Crippen LogP contribution in [-0.4, -0.2) is 38.9 Å². The highest BCUT2D eigenvalue weighted by molar-refractivity contribution is 14.0. The maximum absolute atomic E-state index is 5.83. The van der Waals surface area contributed by atoms with Crippen LogP contribution in [0.4, 0.5) is 0 Å². The summed E-state index contributed by atoms with van der Waals surface area (Å²) in [6.45, 7) is 9.71. The largest absolute Gasteiger partial charge is 0.493 e. The van der Waals surface area contributed by atoms with Crippen molar-refractivity contribution in [2.45, 2.75) is 33.6 Å². The van der Waals surface area contributed by atoms with Gasteiger partial charge in [0.25, 0.3) is 0 Å². The molecule has 0 fully saturated rings. The number of halogens is 1. The maximum Gasteiger partial charge on any atom is 0.188 e. The van der Waals surface area contributed by atoms with Gasteiger partial charge in [0.15, 0.2) is 5.96 Å². The number of rotatable bonds is 10. The van der Waals surface area contributed by atoms with E-state index in [9.17, 15) is 0 Å². The molecule has 0 aliphatic carbocycles. The molecular formula is C17H30IN3O2. The number of aryl methyl sites for hydroxylation is 2. The lowest BCUT2D eigenvalue weighted by Crippen LogP contribution is -2.33. The summed E-state index contributed by atoms with van der Waals surface area (Å²) < 4.78 is 11.1. The molecule has 132 valence electrons. The summed E-state index contributed by atoms with van der Waals surface area (Å²) in [4.78, 5) is 4.28. The van der Waals surface area contributed by atoms with Crippen molar-refractivity contribution in [2.75, 3.05) is 32.9 Å². The van der Waals surface area contributed by atoms with E-state index >= 15 is 0 Å². The molecule has 1 aromatic carbocycles. The molecule has 0 radical (unpaired) electrons. The number of benzene rings is 1. The Morgan fingerprint density at radius 3 is 2.52 bits per heavy atom. The van der Waals surface area contributed by atoms with Gasteiger partial charge in [0.05, 0.1) is 6.61 Å². The normalized spacial score (nSPS) is 11.0. The van der Waals surface area contributed by atoms with Crippen LogP contribution >= 0.6 is 24.0 Å². The van der Waals surface area contributed by atoms with E-state index in [1.54, 1.807) is 0 Å². The van der Waals surface area contributed by atoms with Gasteiger partial charge in [0.1, 0.15) is 5.75 Å². The summed E-state index contributed by atoms with van der Waals surface area (Å²) in [5.74, 6) is 1.47. The number of para-hydroxylation sites is 1. The van der Waals surface area contributed by atoms with Gasteiger partial charge < -0.3 is 20.5 Å². The lowest BCUT2D eigenvalue weighted by molar-refractivity contribution is 0.145. The second kappa shape index (κ2) is 13.4. The highest BCUT2D eigenvalue weighted by Crippen LogP contribution is 2.22. The van der Waals surface area contributed by atoms with Crippen LogP contribution < -0.4 is 15.8 Å². The van der Waals surface area contributed by atoms with Gasteiger partial charge in [-0.05, 0) is 38.3 Å². The molecule has 0 unspecified atom stereocenters. The molecule has 1 aromatic rings. The summed E-state index contributed by atoms with van der Waals surface area (Å²) >= 11 is 0. The van der Waals surface area contributed by atoms with Gasteiger partial charge in [-0.1, -0.05) is 18.2 Å². The zero-order chi connectivity index (χ0) is 16.2. The Kier molecular flexibility index (Phi) is 12.8. The van der Waals surface area contributed by atoms with E-state index in [4.69, 9.17) is 15.2 Å². The zero-order valence-electron chi connectivity index (χ0n) is 14.4. The molecule has 5 nitrogen and oxygen atoms in total. The first-order valence-corrected chi connectivity index (χ1v) is 7.95. The molecule has 6 heteroatoms. The minimum absolute atomic E-state index is 0. The van der Waals surface area contributed by atoms with Crippen LogP contribution in [0.1, 0.15) is 30.9 Å². The topological polar surface area (TPSA) is 68.9 Å². The Morgan fingerprint density at radius 2 is 1.87 bits per heavy atom. The van der Waals surface area contributed by atoms with E-state index in [2.05, 4.69) is 36.3 Å². The third-order valence-corrected chi connectivity index (χ3v) is 3.22. The van der Waals surface area contributed by atoms with Gasteiger partial charge in [-0.3, -0.25) is 4.99 Å². The summed E-state index contributed by atoms with van der Waals surface area (Å²) in [6, 6.07) is 6.16. The van der Waals surface area contributed by atoms with Crippen LogP contribution in [0.25, 0.3) is 0 Å². The van der Waals surface area contributed by atoms with Crippen molar-refractivity contribution in [1.29, 1.82) is 0 Å². The fourth-order valence-corrected chi connectivity index (χ4v) is 2.06.